The van der Waals surface area contributed by atoms with Gasteiger partial charge in [0.25, 0.3) is 0 Å². The molecule has 0 aliphatic carbocycles. The highest BCUT2D eigenvalue weighted by Crippen LogP contribution is 2.18. The minimum atomic E-state index is 0.413. The van der Waals surface area contributed by atoms with Crippen molar-refractivity contribution in [3.8, 4) is 0 Å². The lowest BCUT2D eigenvalue weighted by Gasteiger charge is -2.18. The normalized spacial score (nSPS) is 11.4. The van der Waals surface area contributed by atoms with Crippen molar-refractivity contribution < 1.29 is 0 Å². The Morgan fingerprint density at radius 1 is 1.14 bits per heavy atom. The summed E-state index contributed by atoms with van der Waals surface area (Å²) in [6.45, 7) is 7.85. The molecule has 1 rings (SSSR count). The van der Waals surface area contributed by atoms with Gasteiger partial charge in [-0.3, -0.25) is 0 Å². The van der Waals surface area contributed by atoms with Gasteiger partial charge in [-0.15, -0.1) is 0 Å². The standard InChI is InChI=1S/C12H18IN/c1-12(2,3)8-9-14-11-6-4-10(13)5-7-11/h4-7,14H,8-9H2,1-3H3. The average molecular weight is 303 g/mol. The molecule has 78 valence electrons. The van der Waals surface area contributed by atoms with Crippen LogP contribution >= 0.6 is 22.6 Å². The number of hydrogen-bond acceptors (Lipinski definition) is 1. The van der Waals surface area contributed by atoms with Gasteiger partial charge in [0.1, 0.15) is 0 Å². The first-order valence-corrected chi connectivity index (χ1v) is 6.05. The summed E-state index contributed by atoms with van der Waals surface area (Å²) in [6.07, 6.45) is 1.19. The monoisotopic (exact) mass is 303 g/mol. The molecule has 0 saturated carbocycles. The van der Waals surface area contributed by atoms with E-state index in [0.29, 0.717) is 5.41 Å². The second-order valence-corrected chi connectivity index (χ2v) is 5.99. The first kappa shape index (κ1) is 11.8. The fraction of sp³-hybridized carbons (Fsp3) is 0.500. The maximum absolute atomic E-state index is 3.43. The molecule has 0 atom stereocenters. The third-order valence-electron chi connectivity index (χ3n) is 2.05. The van der Waals surface area contributed by atoms with Crippen molar-refractivity contribution >= 4 is 28.3 Å². The third-order valence-corrected chi connectivity index (χ3v) is 2.77. The zero-order valence-corrected chi connectivity index (χ0v) is 11.3. The molecule has 0 heterocycles. The van der Waals surface area contributed by atoms with E-state index >= 15 is 0 Å². The third kappa shape index (κ3) is 4.84. The van der Waals surface area contributed by atoms with Gasteiger partial charge < -0.3 is 5.32 Å². The van der Waals surface area contributed by atoms with Gasteiger partial charge in [0.15, 0.2) is 0 Å². The van der Waals surface area contributed by atoms with E-state index in [2.05, 4.69) is 72.9 Å². The van der Waals surface area contributed by atoms with Crippen LogP contribution in [0.1, 0.15) is 27.2 Å². The van der Waals surface area contributed by atoms with E-state index in [1.54, 1.807) is 0 Å². The molecule has 0 unspecified atom stereocenters. The van der Waals surface area contributed by atoms with Gasteiger partial charge in [-0.25, -0.2) is 0 Å². The Morgan fingerprint density at radius 2 is 1.71 bits per heavy atom. The molecule has 1 aromatic rings. The van der Waals surface area contributed by atoms with Crippen molar-refractivity contribution in [1.82, 2.24) is 0 Å². The van der Waals surface area contributed by atoms with Crippen LogP contribution in [-0.4, -0.2) is 6.54 Å². The zero-order valence-electron chi connectivity index (χ0n) is 9.10. The van der Waals surface area contributed by atoms with Gasteiger partial charge >= 0.3 is 0 Å². The summed E-state index contributed by atoms with van der Waals surface area (Å²) < 4.78 is 1.28. The number of nitrogens with one attached hydrogen (secondary N) is 1. The summed E-state index contributed by atoms with van der Waals surface area (Å²) in [5, 5.41) is 3.43. The van der Waals surface area contributed by atoms with E-state index in [1.807, 2.05) is 0 Å². The molecule has 1 aromatic carbocycles. The Labute approximate surface area is 100 Å². The summed E-state index contributed by atoms with van der Waals surface area (Å²) >= 11 is 2.32. The van der Waals surface area contributed by atoms with Crippen molar-refractivity contribution in [2.75, 3.05) is 11.9 Å². The molecule has 0 radical (unpaired) electrons. The first-order chi connectivity index (χ1) is 6.47. The minimum Gasteiger partial charge on any atom is -0.385 e. The number of hydrogen-bond donors (Lipinski definition) is 1. The molecule has 14 heavy (non-hydrogen) atoms. The van der Waals surface area contributed by atoms with Crippen molar-refractivity contribution in [1.29, 1.82) is 0 Å². The topological polar surface area (TPSA) is 12.0 Å². The van der Waals surface area contributed by atoms with Crippen LogP contribution in [0.3, 0.4) is 0 Å². The molecule has 0 bridgehead atoms. The van der Waals surface area contributed by atoms with E-state index in [1.165, 1.54) is 15.7 Å². The lowest BCUT2D eigenvalue weighted by Crippen LogP contribution is -2.12. The summed E-state index contributed by atoms with van der Waals surface area (Å²) in [7, 11) is 0. The Kier molecular flexibility index (Phi) is 4.23. The zero-order chi connectivity index (χ0) is 10.6. The van der Waals surface area contributed by atoms with Crippen LogP contribution in [0, 0.1) is 8.99 Å². The van der Waals surface area contributed by atoms with Crippen LogP contribution in [0.25, 0.3) is 0 Å². The lowest BCUT2D eigenvalue weighted by atomic mass is 9.92. The van der Waals surface area contributed by atoms with Crippen LogP contribution in [0.4, 0.5) is 5.69 Å². The summed E-state index contributed by atoms with van der Waals surface area (Å²) in [6, 6.07) is 8.51. The fourth-order valence-electron chi connectivity index (χ4n) is 1.15. The van der Waals surface area contributed by atoms with E-state index in [0.717, 1.165) is 6.54 Å². The molecule has 0 aliphatic heterocycles. The highest BCUT2D eigenvalue weighted by atomic mass is 127. The lowest BCUT2D eigenvalue weighted by molar-refractivity contribution is 0.390. The summed E-state index contributed by atoms with van der Waals surface area (Å²) in [5.74, 6) is 0. The maximum atomic E-state index is 3.43. The highest BCUT2D eigenvalue weighted by Gasteiger charge is 2.08. The summed E-state index contributed by atoms with van der Waals surface area (Å²) in [4.78, 5) is 0. The van der Waals surface area contributed by atoms with Gasteiger partial charge in [-0.2, -0.15) is 0 Å². The number of rotatable bonds is 3. The molecule has 1 nitrogen and oxygen atoms in total. The molecular weight excluding hydrogens is 285 g/mol. The number of benzene rings is 1. The van der Waals surface area contributed by atoms with Gasteiger partial charge in [-0.05, 0) is 58.7 Å². The number of halogens is 1. The Morgan fingerprint density at radius 3 is 2.21 bits per heavy atom. The largest absolute Gasteiger partial charge is 0.385 e. The number of anilines is 1. The molecule has 0 amide bonds. The molecular formula is C12H18IN. The van der Waals surface area contributed by atoms with Crippen LogP contribution in [0.5, 0.6) is 0 Å². The van der Waals surface area contributed by atoms with Crippen LogP contribution in [-0.2, 0) is 0 Å². The molecule has 2 heteroatoms. The van der Waals surface area contributed by atoms with Crippen LogP contribution in [0.2, 0.25) is 0 Å². The van der Waals surface area contributed by atoms with Crippen molar-refractivity contribution in [3.63, 3.8) is 0 Å². The SMILES string of the molecule is CC(C)(C)CCNc1ccc(I)cc1. The van der Waals surface area contributed by atoms with Crippen LogP contribution in [0.15, 0.2) is 24.3 Å². The Hall–Kier alpha value is -0.250. The fourth-order valence-corrected chi connectivity index (χ4v) is 1.51. The molecule has 0 saturated heterocycles. The van der Waals surface area contributed by atoms with E-state index in [-0.39, 0.29) is 0 Å². The first-order valence-electron chi connectivity index (χ1n) is 4.97. The molecule has 0 fully saturated rings. The highest BCUT2D eigenvalue weighted by molar-refractivity contribution is 14.1. The van der Waals surface area contributed by atoms with Crippen molar-refractivity contribution in [2.24, 2.45) is 5.41 Å². The average Bonchev–Trinajstić information content (AvgIpc) is 2.06. The molecule has 0 spiro atoms. The van der Waals surface area contributed by atoms with E-state index in [9.17, 15) is 0 Å². The van der Waals surface area contributed by atoms with Crippen LogP contribution < -0.4 is 5.32 Å². The summed E-state index contributed by atoms with van der Waals surface area (Å²) in [5.41, 5.74) is 1.63. The van der Waals surface area contributed by atoms with E-state index in [4.69, 9.17) is 0 Å². The van der Waals surface area contributed by atoms with Gasteiger partial charge in [-0.1, -0.05) is 20.8 Å². The maximum Gasteiger partial charge on any atom is 0.0340 e. The second-order valence-electron chi connectivity index (χ2n) is 4.74. The van der Waals surface area contributed by atoms with Crippen molar-refractivity contribution in [3.05, 3.63) is 27.8 Å². The molecule has 1 N–H and O–H groups in total. The quantitative estimate of drug-likeness (QED) is 0.828. The predicted octanol–water partition coefficient (Wildman–Crippen LogP) is 4.14. The van der Waals surface area contributed by atoms with Gasteiger partial charge in [0.2, 0.25) is 0 Å². The smallest absolute Gasteiger partial charge is 0.0340 e. The molecule has 0 aromatic heterocycles. The predicted molar refractivity (Wildman–Crippen MR) is 71.7 cm³/mol. The Balaban J connectivity index is 2.35. The van der Waals surface area contributed by atoms with Gasteiger partial charge in [0.05, 0.1) is 0 Å². The van der Waals surface area contributed by atoms with Gasteiger partial charge in [0, 0.05) is 15.8 Å². The minimum absolute atomic E-state index is 0.413. The Bertz CT molecular complexity index is 271. The second kappa shape index (κ2) is 5.01. The van der Waals surface area contributed by atoms with E-state index < -0.39 is 0 Å². The van der Waals surface area contributed by atoms with Crippen molar-refractivity contribution in [2.45, 2.75) is 27.2 Å². The molecule has 0 aliphatic rings.